The Morgan fingerprint density at radius 2 is 1.79 bits per heavy atom. The summed E-state index contributed by atoms with van der Waals surface area (Å²) in [6, 6.07) is 0.0722. The van der Waals surface area contributed by atoms with E-state index in [1.807, 2.05) is 11.8 Å². The van der Waals surface area contributed by atoms with Crippen molar-refractivity contribution < 1.29 is 9.59 Å². The third kappa shape index (κ3) is 5.57. The van der Waals surface area contributed by atoms with E-state index in [0.717, 1.165) is 19.5 Å². The highest BCUT2D eigenvalue weighted by Crippen LogP contribution is 2.06. The number of nitrogens with zero attached hydrogens (tertiary/aromatic N) is 3. The topological polar surface area (TPSA) is 69.9 Å². The van der Waals surface area contributed by atoms with Crippen molar-refractivity contribution in [2.75, 3.05) is 46.8 Å². The van der Waals surface area contributed by atoms with E-state index in [2.05, 4.69) is 4.90 Å². The first-order valence-electron chi connectivity index (χ1n) is 6.86. The van der Waals surface area contributed by atoms with Gasteiger partial charge in [0.05, 0.1) is 6.54 Å². The molecule has 0 spiro atoms. The van der Waals surface area contributed by atoms with E-state index in [0.29, 0.717) is 26.1 Å². The van der Waals surface area contributed by atoms with Gasteiger partial charge in [-0.1, -0.05) is 0 Å². The van der Waals surface area contributed by atoms with E-state index in [1.54, 1.807) is 19.0 Å². The molecule has 0 saturated carbocycles. The Balaban J connectivity index is 2.28. The van der Waals surface area contributed by atoms with Crippen LogP contribution in [0.4, 0.5) is 0 Å². The van der Waals surface area contributed by atoms with Gasteiger partial charge in [-0.3, -0.25) is 14.5 Å². The number of likely N-dealkylation sites (N-methyl/N-ethyl adjacent to an activating group) is 1. The highest BCUT2D eigenvalue weighted by molar-refractivity contribution is 5.78. The van der Waals surface area contributed by atoms with Gasteiger partial charge in [-0.05, 0) is 13.3 Å². The van der Waals surface area contributed by atoms with E-state index in [4.69, 9.17) is 5.73 Å². The van der Waals surface area contributed by atoms with Gasteiger partial charge in [0.15, 0.2) is 0 Å². The fraction of sp³-hybridized carbons (Fsp3) is 0.846. The van der Waals surface area contributed by atoms with Gasteiger partial charge in [0.1, 0.15) is 0 Å². The van der Waals surface area contributed by atoms with Crippen molar-refractivity contribution in [2.24, 2.45) is 5.73 Å². The number of nitrogens with two attached hydrogens (primary N) is 1. The molecule has 1 heterocycles. The molecule has 1 aliphatic rings. The summed E-state index contributed by atoms with van der Waals surface area (Å²) in [4.78, 5) is 29.1. The molecular formula is C13H26N4O2. The smallest absolute Gasteiger partial charge is 0.236 e. The van der Waals surface area contributed by atoms with Crippen LogP contribution in [0.15, 0.2) is 0 Å². The quantitative estimate of drug-likeness (QED) is 0.720. The molecule has 6 heteroatoms. The molecule has 0 aliphatic carbocycles. The predicted molar refractivity (Wildman–Crippen MR) is 74.6 cm³/mol. The number of carbonyl (C=O) groups is 2. The number of hydrogen-bond donors (Lipinski definition) is 1. The summed E-state index contributed by atoms with van der Waals surface area (Å²) in [7, 11) is 3.52. The molecule has 1 fully saturated rings. The largest absolute Gasteiger partial charge is 0.348 e. The van der Waals surface area contributed by atoms with Gasteiger partial charge in [0.25, 0.3) is 0 Å². The summed E-state index contributed by atoms with van der Waals surface area (Å²) in [5.74, 6) is 0.285. The molecule has 2 N–H and O–H groups in total. The summed E-state index contributed by atoms with van der Waals surface area (Å²) in [6.07, 6.45) is 1.26. The summed E-state index contributed by atoms with van der Waals surface area (Å²) >= 11 is 0. The maximum absolute atomic E-state index is 11.9. The van der Waals surface area contributed by atoms with E-state index >= 15 is 0 Å². The van der Waals surface area contributed by atoms with Crippen molar-refractivity contribution in [3.05, 3.63) is 0 Å². The standard InChI is InChI=1S/C13H26N4O2/c1-11(14)4-5-12(18)17-8-6-16(7-9-17)10-13(19)15(2)3/h11H,4-10,14H2,1-3H3. The SMILES string of the molecule is CC(N)CCC(=O)N1CCN(CC(=O)N(C)C)CC1. The van der Waals surface area contributed by atoms with Crippen molar-refractivity contribution in [1.29, 1.82) is 0 Å². The summed E-state index contributed by atoms with van der Waals surface area (Å²) < 4.78 is 0. The van der Waals surface area contributed by atoms with Gasteiger partial charge in [-0.2, -0.15) is 0 Å². The van der Waals surface area contributed by atoms with Gasteiger partial charge in [0, 0.05) is 52.7 Å². The second-order valence-corrected chi connectivity index (χ2v) is 5.46. The van der Waals surface area contributed by atoms with Crippen molar-refractivity contribution in [1.82, 2.24) is 14.7 Å². The lowest BCUT2D eigenvalue weighted by Crippen LogP contribution is -2.51. The Morgan fingerprint density at radius 3 is 2.26 bits per heavy atom. The van der Waals surface area contributed by atoms with Crippen molar-refractivity contribution in [3.8, 4) is 0 Å². The second kappa shape index (κ2) is 7.45. The Bertz CT molecular complexity index is 310. The van der Waals surface area contributed by atoms with Gasteiger partial charge in [-0.15, -0.1) is 0 Å². The van der Waals surface area contributed by atoms with Crippen LogP contribution in [0, 0.1) is 0 Å². The Morgan fingerprint density at radius 1 is 1.21 bits per heavy atom. The third-order valence-electron chi connectivity index (χ3n) is 3.40. The molecule has 2 amide bonds. The third-order valence-corrected chi connectivity index (χ3v) is 3.40. The van der Waals surface area contributed by atoms with Crippen LogP contribution < -0.4 is 5.73 Å². The molecular weight excluding hydrogens is 244 g/mol. The first kappa shape index (κ1) is 15.9. The molecule has 19 heavy (non-hydrogen) atoms. The lowest BCUT2D eigenvalue weighted by Gasteiger charge is -2.34. The lowest BCUT2D eigenvalue weighted by atomic mass is 10.1. The summed E-state index contributed by atoms with van der Waals surface area (Å²) in [6.45, 7) is 5.30. The Hall–Kier alpha value is -1.14. The second-order valence-electron chi connectivity index (χ2n) is 5.46. The number of carbonyl (C=O) groups excluding carboxylic acids is 2. The first-order valence-corrected chi connectivity index (χ1v) is 6.86. The zero-order chi connectivity index (χ0) is 14.4. The zero-order valence-electron chi connectivity index (χ0n) is 12.3. The molecule has 1 unspecified atom stereocenters. The normalized spacial score (nSPS) is 18.2. The van der Waals surface area contributed by atoms with Crippen molar-refractivity contribution in [3.63, 3.8) is 0 Å². The van der Waals surface area contributed by atoms with E-state index in [1.165, 1.54) is 0 Å². The van der Waals surface area contributed by atoms with Gasteiger partial charge >= 0.3 is 0 Å². The van der Waals surface area contributed by atoms with E-state index < -0.39 is 0 Å². The highest BCUT2D eigenvalue weighted by atomic mass is 16.2. The molecule has 0 aromatic heterocycles. The maximum atomic E-state index is 11.9. The van der Waals surface area contributed by atoms with Gasteiger partial charge < -0.3 is 15.5 Å². The van der Waals surface area contributed by atoms with Crippen LogP contribution in [0.1, 0.15) is 19.8 Å². The summed E-state index contributed by atoms with van der Waals surface area (Å²) in [5, 5.41) is 0. The number of piperazine rings is 1. The predicted octanol–water partition coefficient (Wildman–Crippen LogP) is -0.654. The van der Waals surface area contributed by atoms with Crippen LogP contribution in [-0.2, 0) is 9.59 Å². The summed E-state index contributed by atoms with van der Waals surface area (Å²) in [5.41, 5.74) is 5.65. The minimum absolute atomic E-state index is 0.0722. The van der Waals surface area contributed by atoms with E-state index in [9.17, 15) is 9.59 Å². The average molecular weight is 270 g/mol. The molecule has 0 aromatic rings. The van der Waals surface area contributed by atoms with Gasteiger partial charge in [-0.25, -0.2) is 0 Å². The molecule has 1 aliphatic heterocycles. The molecule has 0 aromatic carbocycles. The van der Waals surface area contributed by atoms with Crippen LogP contribution in [0.3, 0.4) is 0 Å². The highest BCUT2D eigenvalue weighted by Gasteiger charge is 2.22. The minimum atomic E-state index is 0.0722. The van der Waals surface area contributed by atoms with Gasteiger partial charge in [0.2, 0.25) is 11.8 Å². The van der Waals surface area contributed by atoms with Crippen LogP contribution in [0.25, 0.3) is 0 Å². The monoisotopic (exact) mass is 270 g/mol. The molecule has 1 saturated heterocycles. The number of hydrogen-bond acceptors (Lipinski definition) is 4. The molecule has 1 atom stereocenters. The molecule has 6 nitrogen and oxygen atoms in total. The van der Waals surface area contributed by atoms with Crippen LogP contribution in [-0.4, -0.2) is 79.4 Å². The molecule has 0 bridgehead atoms. The van der Waals surface area contributed by atoms with Crippen molar-refractivity contribution in [2.45, 2.75) is 25.8 Å². The van der Waals surface area contributed by atoms with Crippen LogP contribution in [0.5, 0.6) is 0 Å². The first-order chi connectivity index (χ1) is 8.90. The lowest BCUT2D eigenvalue weighted by molar-refractivity contribution is -0.134. The Kier molecular flexibility index (Phi) is 6.24. The van der Waals surface area contributed by atoms with E-state index in [-0.39, 0.29) is 17.9 Å². The number of rotatable bonds is 5. The van der Waals surface area contributed by atoms with Crippen LogP contribution >= 0.6 is 0 Å². The average Bonchev–Trinajstić information content (AvgIpc) is 2.36. The zero-order valence-corrected chi connectivity index (χ0v) is 12.3. The molecule has 0 radical (unpaired) electrons. The molecule has 1 rings (SSSR count). The van der Waals surface area contributed by atoms with Crippen molar-refractivity contribution >= 4 is 11.8 Å². The molecule has 110 valence electrons. The Labute approximate surface area is 115 Å². The fourth-order valence-corrected chi connectivity index (χ4v) is 2.00. The van der Waals surface area contributed by atoms with Crippen LogP contribution in [0.2, 0.25) is 0 Å². The minimum Gasteiger partial charge on any atom is -0.348 e. The fourth-order valence-electron chi connectivity index (χ4n) is 2.00. The maximum Gasteiger partial charge on any atom is 0.236 e. The number of amides is 2.